The van der Waals surface area contributed by atoms with Gasteiger partial charge in [0.1, 0.15) is 5.75 Å². The first-order chi connectivity index (χ1) is 8.59. The Hall–Kier alpha value is -1.55. The lowest BCUT2D eigenvalue weighted by atomic mass is 10.0. The maximum atomic E-state index is 12.2. The van der Waals surface area contributed by atoms with Gasteiger partial charge in [-0.2, -0.15) is 0 Å². The van der Waals surface area contributed by atoms with E-state index in [1.54, 1.807) is 17.0 Å². The third-order valence-corrected chi connectivity index (χ3v) is 3.58. The lowest BCUT2D eigenvalue weighted by Gasteiger charge is -2.27. The number of hydrogen-bond donors (Lipinski definition) is 1. The van der Waals surface area contributed by atoms with Crippen LogP contribution in [0.5, 0.6) is 5.75 Å². The van der Waals surface area contributed by atoms with Crippen molar-refractivity contribution in [2.45, 2.75) is 19.4 Å². The van der Waals surface area contributed by atoms with Crippen molar-refractivity contribution in [1.29, 1.82) is 0 Å². The number of ether oxygens (including phenoxy) is 1. The zero-order chi connectivity index (χ0) is 13.1. The first-order valence-electron chi connectivity index (χ1n) is 6.23. The fourth-order valence-electron chi connectivity index (χ4n) is 2.18. The molecule has 98 valence electrons. The third kappa shape index (κ3) is 2.64. The standard InChI is InChI=1S/C14H19NO3/c1-10(11-3-5-13(16)6-4-11)15(2)14(17)12-7-8-18-9-12/h3-6,10,12,16H,7-9H2,1-2H3. The monoisotopic (exact) mass is 249 g/mol. The average molecular weight is 249 g/mol. The summed E-state index contributed by atoms with van der Waals surface area (Å²) < 4.78 is 5.25. The molecule has 0 radical (unpaired) electrons. The van der Waals surface area contributed by atoms with Crippen LogP contribution in [0, 0.1) is 5.92 Å². The van der Waals surface area contributed by atoms with Gasteiger partial charge in [-0.15, -0.1) is 0 Å². The maximum absolute atomic E-state index is 12.2. The molecule has 4 nitrogen and oxygen atoms in total. The second-order valence-corrected chi connectivity index (χ2v) is 4.78. The Labute approximate surface area is 107 Å². The fraction of sp³-hybridized carbons (Fsp3) is 0.500. The molecule has 1 aliphatic heterocycles. The van der Waals surface area contributed by atoms with Crippen molar-refractivity contribution in [2.24, 2.45) is 5.92 Å². The molecule has 0 aromatic heterocycles. The zero-order valence-corrected chi connectivity index (χ0v) is 10.8. The summed E-state index contributed by atoms with van der Waals surface area (Å²) in [5.74, 6) is 0.367. The number of carbonyl (C=O) groups excluding carboxylic acids is 1. The lowest BCUT2D eigenvalue weighted by molar-refractivity contribution is -0.136. The molecule has 1 aliphatic rings. The minimum atomic E-state index is -0.00503. The van der Waals surface area contributed by atoms with Crippen LogP contribution in [0.3, 0.4) is 0 Å². The first-order valence-corrected chi connectivity index (χ1v) is 6.23. The summed E-state index contributed by atoms with van der Waals surface area (Å²) in [6, 6.07) is 6.97. The maximum Gasteiger partial charge on any atom is 0.228 e. The van der Waals surface area contributed by atoms with Crippen LogP contribution in [0.1, 0.15) is 24.9 Å². The number of phenols is 1. The van der Waals surface area contributed by atoms with Gasteiger partial charge >= 0.3 is 0 Å². The average Bonchev–Trinajstić information content (AvgIpc) is 2.91. The number of hydrogen-bond acceptors (Lipinski definition) is 3. The predicted molar refractivity (Wildman–Crippen MR) is 68.2 cm³/mol. The normalized spacial score (nSPS) is 20.7. The molecular formula is C14H19NO3. The molecule has 2 unspecified atom stereocenters. The second-order valence-electron chi connectivity index (χ2n) is 4.78. The fourth-order valence-corrected chi connectivity index (χ4v) is 2.18. The van der Waals surface area contributed by atoms with E-state index in [1.807, 2.05) is 26.1 Å². The Morgan fingerprint density at radius 1 is 1.44 bits per heavy atom. The molecule has 1 aromatic rings. The van der Waals surface area contributed by atoms with E-state index in [9.17, 15) is 9.90 Å². The Balaban J connectivity index is 2.05. The number of nitrogens with zero attached hydrogens (tertiary/aromatic N) is 1. The molecule has 1 amide bonds. The Kier molecular flexibility index (Phi) is 3.87. The number of aromatic hydroxyl groups is 1. The van der Waals surface area contributed by atoms with E-state index in [0.717, 1.165) is 12.0 Å². The van der Waals surface area contributed by atoms with Crippen molar-refractivity contribution >= 4 is 5.91 Å². The van der Waals surface area contributed by atoms with Crippen LogP contribution in [0.25, 0.3) is 0 Å². The topological polar surface area (TPSA) is 49.8 Å². The van der Waals surface area contributed by atoms with E-state index in [0.29, 0.717) is 13.2 Å². The molecule has 2 atom stereocenters. The largest absolute Gasteiger partial charge is 0.508 e. The van der Waals surface area contributed by atoms with E-state index in [2.05, 4.69) is 0 Å². The molecule has 4 heteroatoms. The highest BCUT2D eigenvalue weighted by Crippen LogP contribution is 2.24. The predicted octanol–water partition coefficient (Wildman–Crippen LogP) is 1.95. The highest BCUT2D eigenvalue weighted by molar-refractivity contribution is 5.79. The first kappa shape index (κ1) is 12.9. The highest BCUT2D eigenvalue weighted by atomic mass is 16.5. The molecule has 1 aromatic carbocycles. The highest BCUT2D eigenvalue weighted by Gasteiger charge is 2.28. The van der Waals surface area contributed by atoms with E-state index in [4.69, 9.17) is 4.74 Å². The Bertz CT molecular complexity index is 410. The van der Waals surface area contributed by atoms with Gasteiger partial charge in [0.15, 0.2) is 0 Å². The summed E-state index contributed by atoms with van der Waals surface area (Å²) in [5.41, 5.74) is 1.02. The number of carbonyl (C=O) groups is 1. The summed E-state index contributed by atoms with van der Waals surface area (Å²) in [5, 5.41) is 9.26. The van der Waals surface area contributed by atoms with Gasteiger partial charge in [-0.1, -0.05) is 12.1 Å². The molecule has 1 saturated heterocycles. The summed E-state index contributed by atoms with van der Waals surface area (Å²) in [7, 11) is 1.82. The molecule has 1 N–H and O–H groups in total. The van der Waals surface area contributed by atoms with Crippen molar-refractivity contribution in [2.75, 3.05) is 20.3 Å². The summed E-state index contributed by atoms with van der Waals surface area (Å²) in [6.45, 7) is 3.20. The number of amides is 1. The zero-order valence-electron chi connectivity index (χ0n) is 10.8. The second kappa shape index (κ2) is 5.40. The van der Waals surface area contributed by atoms with Crippen LogP contribution < -0.4 is 0 Å². The molecule has 0 saturated carbocycles. The van der Waals surface area contributed by atoms with Gasteiger partial charge in [0.2, 0.25) is 5.91 Å². The molecule has 0 spiro atoms. The molecule has 1 heterocycles. The summed E-state index contributed by atoms with van der Waals surface area (Å²) >= 11 is 0. The minimum Gasteiger partial charge on any atom is -0.508 e. The van der Waals surface area contributed by atoms with Crippen LogP contribution in [0.15, 0.2) is 24.3 Å². The molecular weight excluding hydrogens is 230 g/mol. The van der Waals surface area contributed by atoms with Crippen LogP contribution in [-0.4, -0.2) is 36.2 Å². The van der Waals surface area contributed by atoms with E-state index >= 15 is 0 Å². The van der Waals surface area contributed by atoms with Gasteiger partial charge < -0.3 is 14.7 Å². The van der Waals surface area contributed by atoms with Crippen molar-refractivity contribution in [3.63, 3.8) is 0 Å². The smallest absolute Gasteiger partial charge is 0.228 e. The summed E-state index contributed by atoms with van der Waals surface area (Å²) in [4.78, 5) is 14.0. The van der Waals surface area contributed by atoms with E-state index in [1.165, 1.54) is 0 Å². The Morgan fingerprint density at radius 2 is 2.11 bits per heavy atom. The molecule has 2 rings (SSSR count). The van der Waals surface area contributed by atoms with Gasteiger partial charge in [-0.3, -0.25) is 4.79 Å². The minimum absolute atomic E-state index is 0.00120. The van der Waals surface area contributed by atoms with Crippen LogP contribution in [0.4, 0.5) is 0 Å². The number of rotatable bonds is 3. The SMILES string of the molecule is CC(c1ccc(O)cc1)N(C)C(=O)C1CCOC1. The Morgan fingerprint density at radius 3 is 2.67 bits per heavy atom. The van der Waals surface area contributed by atoms with Crippen LogP contribution in [-0.2, 0) is 9.53 Å². The quantitative estimate of drug-likeness (QED) is 0.890. The van der Waals surface area contributed by atoms with E-state index in [-0.39, 0.29) is 23.6 Å². The number of phenolic OH excluding ortho intramolecular Hbond substituents is 1. The molecule has 0 aliphatic carbocycles. The van der Waals surface area contributed by atoms with Crippen molar-refractivity contribution in [3.8, 4) is 5.75 Å². The van der Waals surface area contributed by atoms with Crippen molar-refractivity contribution in [1.82, 2.24) is 4.90 Å². The van der Waals surface area contributed by atoms with Gasteiger partial charge in [0, 0.05) is 13.7 Å². The molecule has 18 heavy (non-hydrogen) atoms. The van der Waals surface area contributed by atoms with Crippen LogP contribution >= 0.6 is 0 Å². The van der Waals surface area contributed by atoms with Gasteiger partial charge in [0.05, 0.1) is 18.6 Å². The van der Waals surface area contributed by atoms with Crippen LogP contribution in [0.2, 0.25) is 0 Å². The molecule has 1 fully saturated rings. The van der Waals surface area contributed by atoms with Gasteiger partial charge in [-0.25, -0.2) is 0 Å². The van der Waals surface area contributed by atoms with Crippen molar-refractivity contribution in [3.05, 3.63) is 29.8 Å². The summed E-state index contributed by atoms with van der Waals surface area (Å²) in [6.07, 6.45) is 0.811. The van der Waals surface area contributed by atoms with Gasteiger partial charge in [0.25, 0.3) is 0 Å². The third-order valence-electron chi connectivity index (χ3n) is 3.58. The molecule has 0 bridgehead atoms. The van der Waals surface area contributed by atoms with E-state index < -0.39 is 0 Å². The van der Waals surface area contributed by atoms with Crippen molar-refractivity contribution < 1.29 is 14.6 Å². The number of benzene rings is 1. The van der Waals surface area contributed by atoms with Gasteiger partial charge in [-0.05, 0) is 31.0 Å². The lowest BCUT2D eigenvalue weighted by Crippen LogP contribution is -2.35.